The molecule has 0 radical (unpaired) electrons. The van der Waals surface area contributed by atoms with Gasteiger partial charge in [0.1, 0.15) is 5.82 Å². The highest BCUT2D eigenvalue weighted by Crippen LogP contribution is 2.30. The van der Waals surface area contributed by atoms with Gasteiger partial charge in [-0.2, -0.15) is 0 Å². The predicted octanol–water partition coefficient (Wildman–Crippen LogP) is 2.09. The van der Waals surface area contributed by atoms with Gasteiger partial charge in [-0.3, -0.25) is 9.59 Å². The van der Waals surface area contributed by atoms with Crippen LogP contribution in [-0.2, 0) is 17.6 Å². The summed E-state index contributed by atoms with van der Waals surface area (Å²) in [4.78, 5) is 33.1. The van der Waals surface area contributed by atoms with Gasteiger partial charge >= 0.3 is 0 Å². The smallest absolute Gasteiger partial charge is 0.252 e. The number of anilines is 1. The fourth-order valence-electron chi connectivity index (χ4n) is 3.49. The fourth-order valence-corrected chi connectivity index (χ4v) is 3.49. The second-order valence-electron chi connectivity index (χ2n) is 6.29. The third-order valence-corrected chi connectivity index (χ3v) is 4.64. The molecule has 2 N–H and O–H groups in total. The number of aromatic nitrogens is 2. The van der Waals surface area contributed by atoms with Crippen LogP contribution in [0.1, 0.15) is 51.9 Å². The highest BCUT2D eigenvalue weighted by molar-refractivity contribution is 6.05. The van der Waals surface area contributed by atoms with Gasteiger partial charge in [-0.05, 0) is 43.9 Å². The van der Waals surface area contributed by atoms with Crippen LogP contribution in [0.25, 0.3) is 0 Å². The van der Waals surface area contributed by atoms with Crippen molar-refractivity contribution in [3.63, 3.8) is 0 Å². The van der Waals surface area contributed by atoms with E-state index in [4.69, 9.17) is 0 Å². The van der Waals surface area contributed by atoms with Crippen molar-refractivity contribution in [2.24, 2.45) is 0 Å². The molecule has 2 heterocycles. The number of nitrogens with zero attached hydrogens (tertiary/aromatic N) is 2. The molecule has 1 aromatic heterocycles. The van der Waals surface area contributed by atoms with E-state index in [1.807, 2.05) is 19.2 Å². The van der Waals surface area contributed by atoms with E-state index >= 15 is 0 Å². The zero-order valence-corrected chi connectivity index (χ0v) is 13.4. The van der Waals surface area contributed by atoms with Crippen LogP contribution in [0.5, 0.6) is 0 Å². The highest BCUT2D eigenvalue weighted by Gasteiger charge is 2.27. The number of hydrogen-bond acceptors (Lipinski definition) is 4. The van der Waals surface area contributed by atoms with E-state index < -0.39 is 0 Å². The molecule has 24 heavy (non-hydrogen) atoms. The summed E-state index contributed by atoms with van der Waals surface area (Å²) in [7, 11) is 0. The molecule has 2 aliphatic rings. The molecular weight excluding hydrogens is 304 g/mol. The van der Waals surface area contributed by atoms with Gasteiger partial charge in [-0.15, -0.1) is 0 Å². The van der Waals surface area contributed by atoms with Gasteiger partial charge in [0.25, 0.3) is 5.91 Å². The van der Waals surface area contributed by atoms with Crippen molar-refractivity contribution < 1.29 is 9.59 Å². The maximum atomic E-state index is 12.8. The molecule has 1 aromatic carbocycles. The third kappa shape index (κ3) is 2.54. The van der Waals surface area contributed by atoms with Crippen molar-refractivity contribution in [3.8, 4) is 0 Å². The van der Waals surface area contributed by atoms with Gasteiger partial charge in [0.15, 0.2) is 0 Å². The molecular formula is C18H18N4O2. The summed E-state index contributed by atoms with van der Waals surface area (Å²) in [6.45, 7) is 1.87. The fraction of sp³-hybridized carbons (Fsp3) is 0.333. The van der Waals surface area contributed by atoms with E-state index in [0.29, 0.717) is 5.56 Å². The van der Waals surface area contributed by atoms with Crippen molar-refractivity contribution in [2.75, 3.05) is 5.32 Å². The second kappa shape index (κ2) is 5.70. The Bertz CT molecular complexity index is 847. The normalized spacial score (nSPS) is 18.5. The Morgan fingerprint density at radius 3 is 3.12 bits per heavy atom. The standard InChI is InChI=1S/C18H18N4O2/c1-10-19-9-13-15(20-10)6-3-7-16(13)22-18(24)11-4-2-5-14-12(11)8-17(23)21-14/h2,4-5,9,16H,3,6-8H2,1H3,(H,21,23)(H,22,24)/t16-/m1/s1. The first kappa shape index (κ1) is 14.8. The Labute approximate surface area is 139 Å². The van der Waals surface area contributed by atoms with Gasteiger partial charge in [0.2, 0.25) is 5.91 Å². The zero-order valence-electron chi connectivity index (χ0n) is 13.4. The SMILES string of the molecule is Cc1ncc2c(n1)CCC[C@H]2NC(=O)c1cccc2c1CC(=O)N2. The maximum absolute atomic E-state index is 12.8. The van der Waals surface area contributed by atoms with Crippen molar-refractivity contribution in [3.05, 3.63) is 52.6 Å². The molecule has 2 aromatic rings. The Kier molecular flexibility index (Phi) is 3.52. The Hall–Kier alpha value is -2.76. The molecule has 1 atom stereocenters. The van der Waals surface area contributed by atoms with Crippen LogP contribution in [0, 0.1) is 6.92 Å². The van der Waals surface area contributed by atoms with Gasteiger partial charge < -0.3 is 10.6 Å². The Morgan fingerprint density at radius 2 is 2.25 bits per heavy atom. The van der Waals surface area contributed by atoms with Crippen LogP contribution in [-0.4, -0.2) is 21.8 Å². The number of fused-ring (bicyclic) bond motifs is 2. The number of aryl methyl sites for hydroxylation is 2. The highest BCUT2D eigenvalue weighted by atomic mass is 16.2. The summed E-state index contributed by atoms with van der Waals surface area (Å²) in [6.07, 6.45) is 4.85. The molecule has 1 aliphatic carbocycles. The van der Waals surface area contributed by atoms with E-state index in [1.165, 1.54) is 0 Å². The number of carbonyl (C=O) groups is 2. The van der Waals surface area contributed by atoms with E-state index in [1.54, 1.807) is 12.1 Å². The van der Waals surface area contributed by atoms with Crippen LogP contribution in [0.15, 0.2) is 24.4 Å². The van der Waals surface area contributed by atoms with Crippen LogP contribution < -0.4 is 10.6 Å². The third-order valence-electron chi connectivity index (χ3n) is 4.64. The summed E-state index contributed by atoms with van der Waals surface area (Å²) in [5.41, 5.74) is 4.09. The lowest BCUT2D eigenvalue weighted by atomic mass is 9.92. The van der Waals surface area contributed by atoms with Gasteiger partial charge in [0.05, 0.1) is 12.5 Å². The minimum atomic E-state index is -0.151. The number of rotatable bonds is 2. The largest absolute Gasteiger partial charge is 0.345 e. The lowest BCUT2D eigenvalue weighted by Gasteiger charge is -2.25. The lowest BCUT2D eigenvalue weighted by Crippen LogP contribution is -2.32. The Balaban J connectivity index is 1.61. The monoisotopic (exact) mass is 322 g/mol. The topological polar surface area (TPSA) is 84.0 Å². The number of hydrogen-bond donors (Lipinski definition) is 2. The molecule has 0 bridgehead atoms. The molecule has 0 saturated heterocycles. The number of carbonyl (C=O) groups excluding carboxylic acids is 2. The lowest BCUT2D eigenvalue weighted by molar-refractivity contribution is -0.115. The minimum absolute atomic E-state index is 0.0721. The average molecular weight is 322 g/mol. The summed E-state index contributed by atoms with van der Waals surface area (Å²) in [5.74, 6) is 0.533. The first-order chi connectivity index (χ1) is 11.6. The van der Waals surface area contributed by atoms with Crippen molar-refractivity contribution in [1.82, 2.24) is 15.3 Å². The van der Waals surface area contributed by atoms with Crippen molar-refractivity contribution >= 4 is 17.5 Å². The number of benzene rings is 1. The van der Waals surface area contributed by atoms with Crippen LogP contribution in [0.4, 0.5) is 5.69 Å². The van der Waals surface area contributed by atoms with Crippen LogP contribution >= 0.6 is 0 Å². The van der Waals surface area contributed by atoms with E-state index in [0.717, 1.165) is 47.6 Å². The second-order valence-corrected chi connectivity index (χ2v) is 6.29. The van der Waals surface area contributed by atoms with Crippen molar-refractivity contribution in [2.45, 2.75) is 38.6 Å². The number of amides is 2. The average Bonchev–Trinajstić information content (AvgIpc) is 2.94. The van der Waals surface area contributed by atoms with E-state index in [2.05, 4.69) is 20.6 Å². The van der Waals surface area contributed by atoms with Crippen molar-refractivity contribution in [1.29, 1.82) is 0 Å². The van der Waals surface area contributed by atoms with E-state index in [-0.39, 0.29) is 24.3 Å². The molecule has 1 aliphatic heterocycles. The molecule has 0 spiro atoms. The minimum Gasteiger partial charge on any atom is -0.345 e. The maximum Gasteiger partial charge on any atom is 0.252 e. The molecule has 0 unspecified atom stereocenters. The summed E-state index contributed by atoms with van der Waals surface area (Å²) >= 11 is 0. The molecule has 4 rings (SSSR count). The molecule has 0 saturated carbocycles. The molecule has 0 fully saturated rings. The van der Waals surface area contributed by atoms with Gasteiger partial charge in [0, 0.05) is 28.7 Å². The number of nitrogens with one attached hydrogen (secondary N) is 2. The summed E-state index contributed by atoms with van der Waals surface area (Å²) in [5, 5.41) is 5.88. The zero-order chi connectivity index (χ0) is 16.7. The van der Waals surface area contributed by atoms with Crippen LogP contribution in [0.2, 0.25) is 0 Å². The first-order valence-corrected chi connectivity index (χ1v) is 8.17. The summed E-state index contributed by atoms with van der Waals surface area (Å²) in [6, 6.07) is 5.30. The molecule has 6 heteroatoms. The molecule has 2 amide bonds. The first-order valence-electron chi connectivity index (χ1n) is 8.17. The predicted molar refractivity (Wildman–Crippen MR) is 88.7 cm³/mol. The quantitative estimate of drug-likeness (QED) is 0.887. The van der Waals surface area contributed by atoms with E-state index in [9.17, 15) is 9.59 Å². The van der Waals surface area contributed by atoms with Crippen LogP contribution in [0.3, 0.4) is 0 Å². The van der Waals surface area contributed by atoms with Gasteiger partial charge in [-0.1, -0.05) is 6.07 Å². The molecule has 6 nitrogen and oxygen atoms in total. The summed E-state index contributed by atoms with van der Waals surface area (Å²) < 4.78 is 0. The Morgan fingerprint density at radius 1 is 1.38 bits per heavy atom. The molecule has 122 valence electrons. The van der Waals surface area contributed by atoms with Gasteiger partial charge in [-0.25, -0.2) is 9.97 Å².